The van der Waals surface area contributed by atoms with Gasteiger partial charge in [0.05, 0.1) is 0 Å². The average Bonchev–Trinajstić information content (AvgIpc) is 3.17. The molecule has 1 aromatic carbocycles. The second-order valence-corrected chi connectivity index (χ2v) is 6.75. The van der Waals surface area contributed by atoms with Gasteiger partial charge < -0.3 is 9.84 Å². The Morgan fingerprint density at radius 3 is 2.85 bits per heavy atom. The maximum absolute atomic E-state index is 5.92. The molecule has 1 aliphatic heterocycles. The summed E-state index contributed by atoms with van der Waals surface area (Å²) in [5.74, 6) is 1.25. The third kappa shape index (κ3) is 4.84. The van der Waals surface area contributed by atoms with Crippen LogP contribution in [-0.2, 0) is 6.42 Å². The first-order valence-electron chi connectivity index (χ1n) is 8.73. The number of nitrogens with one attached hydrogen (secondary N) is 1. The van der Waals surface area contributed by atoms with Gasteiger partial charge in [-0.05, 0) is 35.9 Å². The zero-order valence-electron chi connectivity index (χ0n) is 14.7. The number of halogens is 2. The lowest BCUT2D eigenvalue weighted by Gasteiger charge is -2.36. The van der Waals surface area contributed by atoms with E-state index in [0.29, 0.717) is 22.8 Å². The zero-order chi connectivity index (χ0) is 17.8. The summed E-state index contributed by atoms with van der Waals surface area (Å²) in [6.45, 7) is 3.75. The van der Waals surface area contributed by atoms with Gasteiger partial charge in [-0.25, -0.2) is 0 Å². The van der Waals surface area contributed by atoms with Crippen LogP contribution in [0.25, 0.3) is 11.4 Å². The molecule has 1 saturated heterocycles. The van der Waals surface area contributed by atoms with Gasteiger partial charge in [0.25, 0.3) is 0 Å². The maximum Gasteiger partial charge on any atom is 0.228 e. The monoisotopic (exact) mass is 405 g/mol. The molecule has 3 aromatic rings. The van der Waals surface area contributed by atoms with Crippen molar-refractivity contribution in [3.63, 3.8) is 0 Å². The molecule has 4 rings (SSSR count). The molecule has 1 fully saturated rings. The zero-order valence-corrected chi connectivity index (χ0v) is 16.3. The smallest absolute Gasteiger partial charge is 0.228 e. The first-order valence-corrected chi connectivity index (χ1v) is 9.10. The second-order valence-electron chi connectivity index (χ2n) is 6.31. The molecule has 1 N–H and O–H groups in total. The summed E-state index contributed by atoms with van der Waals surface area (Å²) in [7, 11) is 0. The van der Waals surface area contributed by atoms with E-state index in [2.05, 4.69) is 31.4 Å². The van der Waals surface area contributed by atoms with Gasteiger partial charge in [-0.15, -0.1) is 12.4 Å². The molecule has 0 spiro atoms. The van der Waals surface area contributed by atoms with Crippen LogP contribution in [0.5, 0.6) is 0 Å². The van der Waals surface area contributed by atoms with Gasteiger partial charge >= 0.3 is 0 Å². The molecule has 8 heteroatoms. The van der Waals surface area contributed by atoms with Gasteiger partial charge in [0.2, 0.25) is 11.7 Å². The van der Waals surface area contributed by atoms with Crippen LogP contribution >= 0.6 is 24.0 Å². The molecule has 2 aromatic heterocycles. The van der Waals surface area contributed by atoms with Crippen LogP contribution in [0.1, 0.15) is 17.5 Å². The van der Waals surface area contributed by atoms with E-state index in [9.17, 15) is 0 Å². The highest BCUT2D eigenvalue weighted by Gasteiger charge is 2.24. The Morgan fingerprint density at radius 1 is 1.22 bits per heavy atom. The number of aromatic nitrogens is 3. The molecular formula is C19H21Cl2N5O. The van der Waals surface area contributed by atoms with E-state index in [-0.39, 0.29) is 12.4 Å². The van der Waals surface area contributed by atoms with Crippen molar-refractivity contribution in [1.82, 2.24) is 25.3 Å². The van der Waals surface area contributed by atoms with Gasteiger partial charge in [0.15, 0.2) is 0 Å². The number of piperazine rings is 1. The van der Waals surface area contributed by atoms with Gasteiger partial charge in [-0.3, -0.25) is 9.88 Å². The van der Waals surface area contributed by atoms with Crippen LogP contribution in [0, 0.1) is 0 Å². The first kappa shape index (κ1) is 19.8. The molecule has 1 unspecified atom stereocenters. The Balaban J connectivity index is 0.00000210. The summed E-state index contributed by atoms with van der Waals surface area (Å²) in [6, 6.07) is 11.9. The van der Waals surface area contributed by atoms with Crippen LogP contribution in [0.15, 0.2) is 53.3 Å². The van der Waals surface area contributed by atoms with Gasteiger partial charge in [0.1, 0.15) is 0 Å². The van der Waals surface area contributed by atoms with Crippen molar-refractivity contribution in [1.29, 1.82) is 0 Å². The van der Waals surface area contributed by atoms with Crippen LogP contribution in [0.3, 0.4) is 0 Å². The normalized spacial score (nSPS) is 17.4. The summed E-state index contributed by atoms with van der Waals surface area (Å²) in [5, 5.41) is 8.24. The summed E-state index contributed by atoms with van der Waals surface area (Å²) in [5.41, 5.74) is 2.13. The van der Waals surface area contributed by atoms with Crippen molar-refractivity contribution in [2.45, 2.75) is 12.5 Å². The molecule has 0 radical (unpaired) electrons. The number of pyridine rings is 1. The fourth-order valence-electron chi connectivity index (χ4n) is 3.23. The average molecular weight is 406 g/mol. The van der Waals surface area contributed by atoms with Gasteiger partial charge in [-0.1, -0.05) is 22.8 Å². The lowest BCUT2D eigenvalue weighted by atomic mass is 10.1. The molecule has 27 heavy (non-hydrogen) atoms. The Hall–Kier alpha value is -1.99. The molecule has 1 aliphatic rings. The summed E-state index contributed by atoms with van der Waals surface area (Å²) in [4.78, 5) is 11.2. The largest absolute Gasteiger partial charge is 0.339 e. The highest BCUT2D eigenvalue weighted by atomic mass is 35.5. The number of hydrogen-bond donors (Lipinski definition) is 1. The van der Waals surface area contributed by atoms with Crippen LogP contribution in [0.2, 0.25) is 5.02 Å². The van der Waals surface area contributed by atoms with Crippen molar-refractivity contribution in [3.05, 3.63) is 65.3 Å². The Kier molecular flexibility index (Phi) is 6.79. The fourth-order valence-corrected chi connectivity index (χ4v) is 3.35. The predicted molar refractivity (Wildman–Crippen MR) is 107 cm³/mol. The van der Waals surface area contributed by atoms with E-state index in [1.165, 1.54) is 5.56 Å². The topological polar surface area (TPSA) is 67.1 Å². The lowest BCUT2D eigenvalue weighted by molar-refractivity contribution is 0.159. The SMILES string of the molecule is Cl.Clc1ccc(-c2noc(CCN3CCNCC3c3cccnc3)n2)cc1. The second kappa shape index (κ2) is 9.28. The summed E-state index contributed by atoms with van der Waals surface area (Å²) in [6.07, 6.45) is 4.47. The van der Waals surface area contributed by atoms with E-state index in [1.807, 2.05) is 36.5 Å². The fraction of sp³-hybridized carbons (Fsp3) is 0.316. The molecule has 0 amide bonds. The highest BCUT2D eigenvalue weighted by molar-refractivity contribution is 6.30. The van der Waals surface area contributed by atoms with E-state index in [1.54, 1.807) is 6.20 Å². The van der Waals surface area contributed by atoms with Crippen molar-refractivity contribution >= 4 is 24.0 Å². The van der Waals surface area contributed by atoms with Crippen molar-refractivity contribution in [2.24, 2.45) is 0 Å². The first-order chi connectivity index (χ1) is 12.8. The van der Waals surface area contributed by atoms with Crippen LogP contribution < -0.4 is 5.32 Å². The van der Waals surface area contributed by atoms with E-state index < -0.39 is 0 Å². The van der Waals surface area contributed by atoms with E-state index >= 15 is 0 Å². The molecule has 6 nitrogen and oxygen atoms in total. The quantitative estimate of drug-likeness (QED) is 0.701. The van der Waals surface area contributed by atoms with Crippen molar-refractivity contribution < 1.29 is 4.52 Å². The number of nitrogens with zero attached hydrogens (tertiary/aromatic N) is 4. The minimum Gasteiger partial charge on any atom is -0.339 e. The Bertz CT molecular complexity index is 841. The minimum absolute atomic E-state index is 0. The van der Waals surface area contributed by atoms with E-state index in [4.69, 9.17) is 16.1 Å². The third-order valence-electron chi connectivity index (χ3n) is 4.61. The Labute approximate surface area is 169 Å². The highest BCUT2D eigenvalue weighted by Crippen LogP contribution is 2.22. The molecule has 0 aliphatic carbocycles. The molecule has 0 bridgehead atoms. The lowest BCUT2D eigenvalue weighted by Crippen LogP contribution is -2.46. The number of hydrogen-bond acceptors (Lipinski definition) is 6. The Morgan fingerprint density at radius 2 is 2.07 bits per heavy atom. The predicted octanol–water partition coefficient (Wildman–Crippen LogP) is 3.40. The molecule has 1 atom stereocenters. The van der Waals surface area contributed by atoms with Crippen molar-refractivity contribution in [3.8, 4) is 11.4 Å². The molecular weight excluding hydrogens is 385 g/mol. The number of rotatable bonds is 5. The van der Waals surface area contributed by atoms with Crippen molar-refractivity contribution in [2.75, 3.05) is 26.2 Å². The summed E-state index contributed by atoms with van der Waals surface area (Å²) >= 11 is 5.92. The third-order valence-corrected chi connectivity index (χ3v) is 4.86. The molecule has 0 saturated carbocycles. The van der Waals surface area contributed by atoms with Crippen LogP contribution in [-0.4, -0.2) is 46.2 Å². The molecule has 142 valence electrons. The molecule has 3 heterocycles. The van der Waals surface area contributed by atoms with Crippen LogP contribution in [0.4, 0.5) is 0 Å². The van der Waals surface area contributed by atoms with E-state index in [0.717, 1.165) is 38.2 Å². The van der Waals surface area contributed by atoms with Gasteiger partial charge in [-0.2, -0.15) is 4.98 Å². The minimum atomic E-state index is 0. The summed E-state index contributed by atoms with van der Waals surface area (Å²) < 4.78 is 5.43. The maximum atomic E-state index is 5.92. The standard InChI is InChI=1S/C19H20ClN5O.ClH/c20-16-5-3-14(4-6-16)19-23-18(26-24-19)7-10-25-11-9-22-13-17(25)15-2-1-8-21-12-15;/h1-6,8,12,17,22H,7,9-11,13H2;1H. The van der Waals surface area contributed by atoms with Gasteiger partial charge in [0, 0.05) is 61.6 Å². The number of benzene rings is 1.